The van der Waals surface area contributed by atoms with Crippen molar-refractivity contribution in [2.24, 2.45) is 5.92 Å². The lowest BCUT2D eigenvalue weighted by molar-refractivity contribution is 0.0573. The van der Waals surface area contributed by atoms with Crippen molar-refractivity contribution in [3.8, 4) is 0 Å². The maximum Gasteiger partial charge on any atom is 0.0923 e. The molecule has 102 valence electrons. The molecule has 0 saturated heterocycles. The summed E-state index contributed by atoms with van der Waals surface area (Å²) in [4.78, 5) is 3.66. The normalized spacial score (nSPS) is 15.0. The Morgan fingerprint density at radius 1 is 1.56 bits per heavy atom. The van der Waals surface area contributed by atoms with Gasteiger partial charge in [0.25, 0.3) is 0 Å². The zero-order valence-electron chi connectivity index (χ0n) is 11.7. The predicted octanol–water partition coefficient (Wildman–Crippen LogP) is 3.53. The Morgan fingerprint density at radius 2 is 2.28 bits per heavy atom. The molecule has 0 fully saturated rings. The fourth-order valence-electron chi connectivity index (χ4n) is 1.79. The SMILES string of the molecule is C=CC(C)(O)CN(CCC(C)C)Cc1cccs1. The van der Waals surface area contributed by atoms with E-state index in [0.717, 1.165) is 19.5 Å². The van der Waals surface area contributed by atoms with Gasteiger partial charge in [-0.3, -0.25) is 4.90 Å². The molecule has 1 unspecified atom stereocenters. The van der Waals surface area contributed by atoms with Crippen molar-refractivity contribution in [2.45, 2.75) is 39.3 Å². The first-order valence-electron chi connectivity index (χ1n) is 6.53. The second-order valence-electron chi connectivity index (χ2n) is 5.53. The van der Waals surface area contributed by atoms with E-state index in [0.29, 0.717) is 12.5 Å². The van der Waals surface area contributed by atoms with Gasteiger partial charge in [-0.05, 0) is 37.3 Å². The molecule has 1 aromatic heterocycles. The van der Waals surface area contributed by atoms with Crippen molar-refractivity contribution < 1.29 is 5.11 Å². The van der Waals surface area contributed by atoms with Gasteiger partial charge in [-0.15, -0.1) is 17.9 Å². The molecule has 1 rings (SSSR count). The second kappa shape index (κ2) is 7.07. The smallest absolute Gasteiger partial charge is 0.0923 e. The molecule has 1 N–H and O–H groups in total. The Hall–Kier alpha value is -0.640. The monoisotopic (exact) mass is 267 g/mol. The fourth-order valence-corrected chi connectivity index (χ4v) is 2.54. The standard InChI is InChI=1S/C15H25NOS/c1-5-15(4,17)12-16(9-8-13(2)3)11-14-7-6-10-18-14/h5-7,10,13,17H,1,8-9,11-12H2,2-4H3. The number of thiophene rings is 1. The van der Waals surface area contributed by atoms with E-state index in [1.165, 1.54) is 4.88 Å². The quantitative estimate of drug-likeness (QED) is 0.728. The summed E-state index contributed by atoms with van der Waals surface area (Å²) in [5.41, 5.74) is -0.811. The van der Waals surface area contributed by atoms with Crippen LogP contribution in [0.2, 0.25) is 0 Å². The summed E-state index contributed by atoms with van der Waals surface area (Å²) in [7, 11) is 0. The van der Waals surface area contributed by atoms with E-state index < -0.39 is 5.60 Å². The zero-order valence-corrected chi connectivity index (χ0v) is 12.5. The lowest BCUT2D eigenvalue weighted by Crippen LogP contribution is -2.39. The van der Waals surface area contributed by atoms with E-state index >= 15 is 0 Å². The first-order chi connectivity index (χ1) is 8.43. The van der Waals surface area contributed by atoms with Gasteiger partial charge in [0.1, 0.15) is 0 Å². The first-order valence-corrected chi connectivity index (χ1v) is 7.41. The summed E-state index contributed by atoms with van der Waals surface area (Å²) in [6.07, 6.45) is 2.78. The molecule has 0 bridgehead atoms. The van der Waals surface area contributed by atoms with Crippen LogP contribution in [0.4, 0.5) is 0 Å². The number of hydrogen-bond acceptors (Lipinski definition) is 3. The van der Waals surface area contributed by atoms with Gasteiger partial charge in [-0.25, -0.2) is 0 Å². The molecule has 18 heavy (non-hydrogen) atoms. The minimum atomic E-state index is -0.811. The maximum absolute atomic E-state index is 10.1. The Balaban J connectivity index is 2.59. The zero-order chi connectivity index (χ0) is 13.6. The van der Waals surface area contributed by atoms with Gasteiger partial charge in [0, 0.05) is 18.0 Å². The highest BCUT2D eigenvalue weighted by molar-refractivity contribution is 7.09. The van der Waals surface area contributed by atoms with Crippen LogP contribution in [0.1, 0.15) is 32.1 Å². The molecule has 0 radical (unpaired) electrons. The van der Waals surface area contributed by atoms with Crippen LogP contribution in [0.15, 0.2) is 30.2 Å². The van der Waals surface area contributed by atoms with E-state index in [-0.39, 0.29) is 0 Å². The Kier molecular flexibility index (Phi) is 6.06. The largest absolute Gasteiger partial charge is 0.385 e. The van der Waals surface area contributed by atoms with Crippen molar-refractivity contribution in [1.29, 1.82) is 0 Å². The van der Waals surface area contributed by atoms with Crippen molar-refractivity contribution in [1.82, 2.24) is 4.90 Å². The lowest BCUT2D eigenvalue weighted by atomic mass is 10.1. The van der Waals surface area contributed by atoms with Crippen molar-refractivity contribution in [3.63, 3.8) is 0 Å². The van der Waals surface area contributed by atoms with Crippen LogP contribution >= 0.6 is 11.3 Å². The molecule has 0 aliphatic rings. The summed E-state index contributed by atoms with van der Waals surface area (Å²) in [5.74, 6) is 0.685. The minimum Gasteiger partial charge on any atom is -0.385 e. The number of nitrogens with zero attached hydrogens (tertiary/aromatic N) is 1. The van der Waals surface area contributed by atoms with Crippen molar-refractivity contribution in [2.75, 3.05) is 13.1 Å². The van der Waals surface area contributed by atoms with Gasteiger partial charge in [-0.2, -0.15) is 0 Å². The number of hydrogen-bond donors (Lipinski definition) is 1. The highest BCUT2D eigenvalue weighted by Gasteiger charge is 2.20. The van der Waals surface area contributed by atoms with E-state index in [9.17, 15) is 5.11 Å². The molecule has 0 spiro atoms. The van der Waals surface area contributed by atoms with Crippen LogP contribution in [0.5, 0.6) is 0 Å². The third-order valence-corrected chi connectivity index (χ3v) is 3.83. The Labute approximate surface area is 115 Å². The van der Waals surface area contributed by atoms with E-state index in [4.69, 9.17) is 0 Å². The van der Waals surface area contributed by atoms with Gasteiger partial charge in [0.2, 0.25) is 0 Å². The summed E-state index contributed by atoms with van der Waals surface area (Å²) in [5, 5.41) is 12.2. The molecule has 3 heteroatoms. The molecular weight excluding hydrogens is 242 g/mol. The van der Waals surface area contributed by atoms with Gasteiger partial charge in [-0.1, -0.05) is 26.0 Å². The van der Waals surface area contributed by atoms with Crippen LogP contribution in [0, 0.1) is 5.92 Å². The van der Waals surface area contributed by atoms with E-state index in [1.807, 2.05) is 6.92 Å². The molecular formula is C15H25NOS. The number of aliphatic hydroxyl groups is 1. The fraction of sp³-hybridized carbons (Fsp3) is 0.600. The van der Waals surface area contributed by atoms with Crippen molar-refractivity contribution >= 4 is 11.3 Å². The van der Waals surface area contributed by atoms with Crippen molar-refractivity contribution in [3.05, 3.63) is 35.0 Å². The topological polar surface area (TPSA) is 23.5 Å². The molecule has 1 atom stereocenters. The molecule has 0 amide bonds. The third-order valence-electron chi connectivity index (χ3n) is 2.97. The van der Waals surface area contributed by atoms with Crippen LogP contribution < -0.4 is 0 Å². The van der Waals surface area contributed by atoms with Gasteiger partial charge < -0.3 is 5.11 Å². The van der Waals surface area contributed by atoms with Gasteiger partial charge >= 0.3 is 0 Å². The average molecular weight is 267 g/mol. The summed E-state index contributed by atoms with van der Waals surface area (Å²) in [6.45, 7) is 12.5. The average Bonchev–Trinajstić information content (AvgIpc) is 2.78. The lowest BCUT2D eigenvalue weighted by Gasteiger charge is -2.29. The van der Waals surface area contributed by atoms with Gasteiger partial charge in [0.15, 0.2) is 0 Å². The molecule has 0 aliphatic heterocycles. The highest BCUT2D eigenvalue weighted by Crippen LogP contribution is 2.16. The Bertz CT molecular complexity index is 343. The molecule has 0 saturated carbocycles. The summed E-state index contributed by atoms with van der Waals surface area (Å²) >= 11 is 1.77. The maximum atomic E-state index is 10.1. The van der Waals surface area contributed by atoms with E-state index in [1.54, 1.807) is 17.4 Å². The van der Waals surface area contributed by atoms with E-state index in [2.05, 4.69) is 42.8 Å². The minimum absolute atomic E-state index is 0.640. The third kappa shape index (κ3) is 5.80. The number of rotatable bonds is 8. The van der Waals surface area contributed by atoms with Crippen LogP contribution in [-0.4, -0.2) is 28.7 Å². The first kappa shape index (κ1) is 15.4. The van der Waals surface area contributed by atoms with Gasteiger partial charge in [0.05, 0.1) is 5.60 Å². The predicted molar refractivity (Wildman–Crippen MR) is 79.9 cm³/mol. The van der Waals surface area contributed by atoms with Crippen LogP contribution in [0.25, 0.3) is 0 Å². The van der Waals surface area contributed by atoms with Crippen LogP contribution in [0.3, 0.4) is 0 Å². The molecule has 1 aromatic rings. The Morgan fingerprint density at radius 3 is 2.78 bits per heavy atom. The summed E-state index contributed by atoms with van der Waals surface area (Å²) < 4.78 is 0. The molecule has 0 aliphatic carbocycles. The summed E-state index contributed by atoms with van der Waals surface area (Å²) in [6, 6.07) is 4.22. The molecule has 1 heterocycles. The highest BCUT2D eigenvalue weighted by atomic mass is 32.1. The second-order valence-corrected chi connectivity index (χ2v) is 6.57. The molecule has 2 nitrogen and oxygen atoms in total. The molecule has 0 aromatic carbocycles. The van der Waals surface area contributed by atoms with Crippen LogP contribution in [-0.2, 0) is 6.54 Å².